The first-order chi connectivity index (χ1) is 15.4. The lowest BCUT2D eigenvalue weighted by molar-refractivity contribution is -0.138. The van der Waals surface area contributed by atoms with E-state index in [2.05, 4.69) is 19.7 Å². The largest absolute Gasteiger partial charge is 0.490 e. The number of ether oxygens (including phenoxy) is 2. The summed E-state index contributed by atoms with van der Waals surface area (Å²) in [5.41, 5.74) is -2.38. The van der Waals surface area contributed by atoms with Gasteiger partial charge in [0, 0.05) is 19.3 Å². The quantitative estimate of drug-likeness (QED) is 0.145. The molecule has 0 radical (unpaired) electrons. The lowest BCUT2D eigenvalue weighted by Gasteiger charge is -2.21. The Bertz CT molecular complexity index is 1220. The number of halogens is 1. The zero-order valence-electron chi connectivity index (χ0n) is 16.9. The summed E-state index contributed by atoms with van der Waals surface area (Å²) in [5.74, 6) is -3.46. The van der Waals surface area contributed by atoms with Crippen molar-refractivity contribution >= 4 is 29.4 Å². The number of rotatable bonds is 10. The molecule has 192 valence electrons. The number of carbonyl (C=O) groups excluding carboxylic acids is 1. The maximum atomic E-state index is 13.6. The van der Waals surface area contributed by atoms with Crippen LogP contribution < -0.4 is 11.2 Å². The second-order valence-corrected chi connectivity index (χ2v) is 11.0. The molecule has 1 fully saturated rings. The van der Waals surface area contributed by atoms with Crippen LogP contribution in [0.1, 0.15) is 19.6 Å². The minimum atomic E-state index is -5.78. The Balaban J connectivity index is 2.23. The Morgan fingerprint density at radius 3 is 2.41 bits per heavy atom. The number of aromatic nitrogens is 2. The molecular formula is C13H18FN2O15P3. The molecule has 1 aliphatic heterocycles. The third kappa shape index (κ3) is 8.15. The Morgan fingerprint density at radius 2 is 1.85 bits per heavy atom. The third-order valence-corrected chi connectivity index (χ3v) is 7.78. The second-order valence-electron chi connectivity index (χ2n) is 6.56. The highest BCUT2D eigenvalue weighted by molar-refractivity contribution is 7.66. The first kappa shape index (κ1) is 28.4. The first-order valence-corrected chi connectivity index (χ1v) is 13.2. The molecule has 0 saturated carbocycles. The lowest BCUT2D eigenvalue weighted by Crippen LogP contribution is -2.34. The van der Waals surface area contributed by atoms with Crippen LogP contribution in [-0.2, 0) is 41.1 Å². The molecule has 17 nitrogen and oxygen atoms in total. The summed E-state index contributed by atoms with van der Waals surface area (Å²) in [6, 6.07) is 0. The Hall–Kier alpha value is -1.81. The Labute approximate surface area is 188 Å². The molecular weight excluding hydrogens is 536 g/mol. The van der Waals surface area contributed by atoms with E-state index in [1.807, 2.05) is 0 Å². The van der Waals surface area contributed by atoms with Gasteiger partial charge in [0.1, 0.15) is 12.0 Å². The van der Waals surface area contributed by atoms with Crippen molar-refractivity contribution in [3.05, 3.63) is 45.2 Å². The molecule has 2 rings (SSSR count). The predicted molar refractivity (Wildman–Crippen MR) is 104 cm³/mol. The summed E-state index contributed by atoms with van der Waals surface area (Å²) in [6.45, 7) is 3.56. The molecule has 34 heavy (non-hydrogen) atoms. The summed E-state index contributed by atoms with van der Waals surface area (Å²) in [4.78, 5) is 72.0. The van der Waals surface area contributed by atoms with Gasteiger partial charge in [-0.3, -0.25) is 23.7 Å². The van der Waals surface area contributed by atoms with Crippen LogP contribution in [0.2, 0.25) is 0 Å². The molecule has 0 amide bonds. The topological polar surface area (TPSA) is 250 Å². The van der Waals surface area contributed by atoms with Gasteiger partial charge in [0.15, 0.2) is 0 Å². The lowest BCUT2D eigenvalue weighted by atomic mass is 9.99. The van der Waals surface area contributed by atoms with Crippen molar-refractivity contribution in [3.63, 3.8) is 0 Å². The molecule has 21 heteroatoms. The van der Waals surface area contributed by atoms with Gasteiger partial charge in [-0.2, -0.15) is 13.0 Å². The van der Waals surface area contributed by atoms with Crippen LogP contribution in [0.3, 0.4) is 0 Å². The number of carbonyl (C=O) groups is 1. The molecule has 1 aliphatic rings. The van der Waals surface area contributed by atoms with Crippen LogP contribution >= 0.6 is 23.5 Å². The van der Waals surface area contributed by atoms with Crippen molar-refractivity contribution in [2.45, 2.75) is 25.7 Å². The van der Waals surface area contributed by atoms with Gasteiger partial charge in [-0.25, -0.2) is 18.5 Å². The summed E-state index contributed by atoms with van der Waals surface area (Å²) < 4.78 is 70.3. The van der Waals surface area contributed by atoms with Gasteiger partial charge in [-0.05, 0) is 0 Å². The third-order valence-electron chi connectivity index (χ3n) is 3.98. The van der Waals surface area contributed by atoms with Gasteiger partial charge >= 0.3 is 35.1 Å². The van der Waals surface area contributed by atoms with Gasteiger partial charge in [-0.15, -0.1) is 0 Å². The number of nitrogens with one attached hydrogen (secondary N) is 1. The van der Waals surface area contributed by atoms with Gasteiger partial charge in [0.2, 0.25) is 5.82 Å². The fourth-order valence-electron chi connectivity index (χ4n) is 2.80. The summed E-state index contributed by atoms with van der Waals surface area (Å²) in [6.07, 6.45) is -2.42. The fourth-order valence-corrected chi connectivity index (χ4v) is 5.83. The molecule has 0 spiro atoms. The molecule has 5 N–H and O–H groups in total. The van der Waals surface area contributed by atoms with Crippen LogP contribution in [0.4, 0.5) is 4.39 Å². The van der Waals surface area contributed by atoms with Crippen LogP contribution in [0.15, 0.2) is 28.1 Å². The van der Waals surface area contributed by atoms with Crippen LogP contribution in [-0.4, -0.2) is 47.8 Å². The predicted octanol–water partition coefficient (Wildman–Crippen LogP) is -0.000500. The molecule has 1 aromatic rings. The maximum Gasteiger partial charge on any atom is 0.490 e. The average molecular weight is 554 g/mol. The minimum absolute atomic E-state index is 0.248. The maximum absolute atomic E-state index is 13.6. The summed E-state index contributed by atoms with van der Waals surface area (Å²) in [5, 5.41) is 0. The first-order valence-electron chi connectivity index (χ1n) is 8.71. The van der Waals surface area contributed by atoms with E-state index >= 15 is 0 Å². The van der Waals surface area contributed by atoms with Crippen LogP contribution in [0.25, 0.3) is 0 Å². The number of nitrogens with zero attached hydrogens (tertiary/aromatic N) is 1. The van der Waals surface area contributed by atoms with E-state index in [0.29, 0.717) is 10.8 Å². The number of H-pyrrole nitrogens is 1. The summed E-state index contributed by atoms with van der Waals surface area (Å²) >= 11 is 0. The number of phosphoric ester groups is 1. The Kier molecular flexibility index (Phi) is 8.73. The number of esters is 1. The monoisotopic (exact) mass is 554 g/mol. The minimum Gasteiger partial charge on any atom is -0.431 e. The normalized spacial score (nSPS) is 24.2. The number of hydrogen-bond donors (Lipinski definition) is 5. The van der Waals surface area contributed by atoms with Crippen molar-refractivity contribution in [2.75, 3.05) is 6.61 Å². The zero-order chi connectivity index (χ0) is 26.1. The van der Waals surface area contributed by atoms with Gasteiger partial charge in [0.25, 0.3) is 5.56 Å². The van der Waals surface area contributed by atoms with Crippen LogP contribution in [0.5, 0.6) is 0 Å². The molecule has 1 aromatic heterocycles. The van der Waals surface area contributed by atoms with E-state index in [1.165, 1.54) is 0 Å². The highest BCUT2D eigenvalue weighted by Gasteiger charge is 2.44. The van der Waals surface area contributed by atoms with E-state index in [1.54, 1.807) is 4.98 Å². The molecule has 0 aromatic carbocycles. The van der Waals surface area contributed by atoms with Crippen molar-refractivity contribution < 1.29 is 65.1 Å². The van der Waals surface area contributed by atoms with E-state index < -0.39 is 71.4 Å². The highest BCUT2D eigenvalue weighted by Crippen LogP contribution is 2.66. The Morgan fingerprint density at radius 1 is 1.24 bits per heavy atom. The molecule has 5 atom stereocenters. The molecule has 0 aliphatic carbocycles. The van der Waals surface area contributed by atoms with Crippen molar-refractivity contribution in [1.29, 1.82) is 0 Å². The van der Waals surface area contributed by atoms with E-state index in [-0.39, 0.29) is 12.2 Å². The fraction of sp³-hybridized carbons (Fsp3) is 0.462. The van der Waals surface area contributed by atoms with Crippen molar-refractivity contribution in [2.24, 2.45) is 5.92 Å². The molecule has 0 bridgehead atoms. The van der Waals surface area contributed by atoms with Gasteiger partial charge in [0.05, 0.1) is 18.9 Å². The van der Waals surface area contributed by atoms with Crippen molar-refractivity contribution in [1.82, 2.24) is 9.55 Å². The standard InChI is InChI=1S/C13H18FN2O15P3/c1-6(28-7(2)17)8-3-11(16-4-9(14)12(18)15-13(16)19)29-10(8)5-27-33(23,24)31-34(25,26)30-32(20,21)22/h4,8,10-11H,1,3,5H2,2H3,(H,23,24)(H,25,26)(H,15,18,19)(H2,20,21,22). The highest BCUT2D eigenvalue weighted by atomic mass is 31.3. The number of aromatic amines is 1. The smallest absolute Gasteiger partial charge is 0.431 e. The van der Waals surface area contributed by atoms with Crippen LogP contribution in [0, 0.1) is 11.7 Å². The number of phosphoric acid groups is 3. The second kappa shape index (κ2) is 10.4. The summed E-state index contributed by atoms with van der Waals surface area (Å²) in [7, 11) is -16.9. The SMILES string of the molecule is C=C(OC(C)=O)C1CC(n2cc(F)c(=O)[nH]c2=O)OC1COP(=O)(O)OP(=O)(O)OP(=O)(O)O. The average Bonchev–Trinajstić information content (AvgIpc) is 3.03. The van der Waals surface area contributed by atoms with Gasteiger partial charge in [-0.1, -0.05) is 6.58 Å². The van der Waals surface area contributed by atoms with Crippen molar-refractivity contribution in [3.8, 4) is 0 Å². The van der Waals surface area contributed by atoms with E-state index in [4.69, 9.17) is 19.3 Å². The number of hydrogen-bond acceptors (Lipinski definition) is 11. The molecule has 2 heterocycles. The molecule has 1 saturated heterocycles. The molecule has 5 unspecified atom stereocenters. The van der Waals surface area contributed by atoms with E-state index in [0.717, 1.165) is 6.92 Å². The zero-order valence-corrected chi connectivity index (χ0v) is 19.6. The van der Waals surface area contributed by atoms with Gasteiger partial charge < -0.3 is 29.0 Å². The van der Waals surface area contributed by atoms with E-state index in [9.17, 15) is 42.3 Å².